The summed E-state index contributed by atoms with van der Waals surface area (Å²) in [7, 11) is 0. The number of amides is 1. The molecule has 2 aromatic carbocycles. The predicted molar refractivity (Wildman–Crippen MR) is 96.5 cm³/mol. The Bertz CT molecular complexity index is 782. The molecule has 7 heteroatoms. The van der Waals surface area contributed by atoms with E-state index in [0.29, 0.717) is 15.7 Å². The molecule has 0 spiro atoms. The summed E-state index contributed by atoms with van der Waals surface area (Å²) in [6.45, 7) is 1.15. The highest BCUT2D eigenvalue weighted by Crippen LogP contribution is 2.27. The quantitative estimate of drug-likeness (QED) is 0.560. The van der Waals surface area contributed by atoms with Gasteiger partial charge in [0.1, 0.15) is 0 Å². The molecular weight excluding hydrogens is 397 g/mol. The molecule has 1 N–H and O–H groups in total. The number of ether oxygens (including phenoxy) is 1. The fourth-order valence-electron chi connectivity index (χ4n) is 1.98. The van der Waals surface area contributed by atoms with Gasteiger partial charge in [0, 0.05) is 21.9 Å². The summed E-state index contributed by atoms with van der Waals surface area (Å²) in [6.07, 6.45) is 1.85. The molecule has 1 amide bonds. The second-order valence-electron chi connectivity index (χ2n) is 4.88. The number of halogens is 2. The number of benzene rings is 2. The summed E-state index contributed by atoms with van der Waals surface area (Å²) >= 11 is 4.57. The van der Waals surface area contributed by atoms with Crippen LogP contribution in [0, 0.1) is 5.82 Å². The van der Waals surface area contributed by atoms with Crippen LogP contribution >= 0.6 is 27.7 Å². The Labute approximate surface area is 151 Å². The highest BCUT2D eigenvalue weighted by molar-refractivity contribution is 9.10. The third-order valence-corrected chi connectivity index (χ3v) is 4.36. The number of ketones is 1. The first-order valence-corrected chi connectivity index (χ1v) is 8.99. The number of hydrogen-bond donors (Lipinski definition) is 1. The summed E-state index contributed by atoms with van der Waals surface area (Å²) in [5, 5.41) is 2.70. The van der Waals surface area contributed by atoms with E-state index in [4.69, 9.17) is 4.74 Å². The summed E-state index contributed by atoms with van der Waals surface area (Å²) in [4.78, 5) is 24.2. The van der Waals surface area contributed by atoms with Crippen molar-refractivity contribution < 1.29 is 18.7 Å². The number of hydrogen-bond acceptors (Lipinski definition) is 4. The van der Waals surface area contributed by atoms with Gasteiger partial charge in [-0.05, 0) is 42.7 Å². The van der Waals surface area contributed by atoms with Gasteiger partial charge >= 0.3 is 0 Å². The van der Waals surface area contributed by atoms with Crippen LogP contribution in [0.3, 0.4) is 0 Å². The van der Waals surface area contributed by atoms with Gasteiger partial charge in [-0.3, -0.25) is 9.59 Å². The van der Waals surface area contributed by atoms with E-state index in [1.165, 1.54) is 30.8 Å². The van der Waals surface area contributed by atoms with Crippen LogP contribution in [-0.4, -0.2) is 24.6 Å². The first-order valence-electron chi connectivity index (χ1n) is 6.97. The van der Waals surface area contributed by atoms with Crippen molar-refractivity contribution in [3.8, 4) is 5.75 Å². The van der Waals surface area contributed by atoms with Crippen molar-refractivity contribution in [3.63, 3.8) is 0 Å². The largest absolute Gasteiger partial charge is 0.482 e. The van der Waals surface area contributed by atoms with E-state index < -0.39 is 5.82 Å². The highest BCUT2D eigenvalue weighted by atomic mass is 79.9. The van der Waals surface area contributed by atoms with Crippen LogP contribution < -0.4 is 10.1 Å². The molecule has 0 aliphatic carbocycles. The molecule has 0 atom stereocenters. The maximum atomic E-state index is 13.7. The molecule has 4 nitrogen and oxygen atoms in total. The number of carbonyl (C=O) groups is 2. The number of anilines is 1. The maximum Gasteiger partial charge on any atom is 0.221 e. The van der Waals surface area contributed by atoms with Gasteiger partial charge in [-0.15, -0.1) is 11.8 Å². The van der Waals surface area contributed by atoms with Crippen LogP contribution in [0.2, 0.25) is 0 Å². The van der Waals surface area contributed by atoms with Gasteiger partial charge in [0.05, 0.1) is 5.69 Å². The minimum atomic E-state index is -0.539. The average Bonchev–Trinajstić information content (AvgIpc) is 2.53. The van der Waals surface area contributed by atoms with Crippen LogP contribution in [0.1, 0.15) is 17.3 Å². The molecule has 24 heavy (non-hydrogen) atoms. The average molecular weight is 412 g/mol. The van der Waals surface area contributed by atoms with Crippen molar-refractivity contribution in [2.24, 2.45) is 0 Å². The molecule has 0 heterocycles. The van der Waals surface area contributed by atoms with Crippen molar-refractivity contribution in [2.75, 3.05) is 18.2 Å². The molecule has 0 unspecified atom stereocenters. The standard InChI is InChI=1S/C17H15BrFNO3S/c1-10(21)20-14-5-3-11(7-17(14)24-2)15(22)9-23-16-6-4-12(18)8-13(16)19/h3-8H,9H2,1-2H3,(H,20,21). The molecule has 0 aromatic heterocycles. The number of carbonyl (C=O) groups excluding carboxylic acids is 2. The molecule has 2 rings (SSSR count). The minimum Gasteiger partial charge on any atom is -0.482 e. The zero-order chi connectivity index (χ0) is 17.7. The third kappa shape index (κ3) is 4.82. The molecule has 0 aliphatic heterocycles. The summed E-state index contributed by atoms with van der Waals surface area (Å²) in [5.41, 5.74) is 1.08. The monoisotopic (exact) mass is 411 g/mol. The lowest BCUT2D eigenvalue weighted by molar-refractivity contribution is -0.114. The lowest BCUT2D eigenvalue weighted by atomic mass is 10.1. The van der Waals surface area contributed by atoms with E-state index in [0.717, 1.165) is 4.90 Å². The van der Waals surface area contributed by atoms with E-state index in [1.54, 1.807) is 24.3 Å². The van der Waals surface area contributed by atoms with Gasteiger partial charge in [0.2, 0.25) is 5.91 Å². The molecule has 126 valence electrons. The normalized spacial score (nSPS) is 10.3. The third-order valence-electron chi connectivity index (χ3n) is 3.09. The zero-order valence-electron chi connectivity index (χ0n) is 13.1. The lowest BCUT2D eigenvalue weighted by Crippen LogP contribution is -2.13. The first kappa shape index (κ1) is 18.5. The zero-order valence-corrected chi connectivity index (χ0v) is 15.5. The smallest absolute Gasteiger partial charge is 0.221 e. The number of thioether (sulfide) groups is 1. The van der Waals surface area contributed by atoms with Crippen LogP contribution in [0.5, 0.6) is 5.75 Å². The molecule has 0 radical (unpaired) electrons. The Morgan fingerprint density at radius 1 is 1.25 bits per heavy atom. The van der Waals surface area contributed by atoms with Gasteiger partial charge in [-0.2, -0.15) is 0 Å². The SMILES string of the molecule is CSc1cc(C(=O)COc2ccc(Br)cc2F)ccc1NC(C)=O. The van der Waals surface area contributed by atoms with Crippen molar-refractivity contribution in [1.82, 2.24) is 0 Å². The Balaban J connectivity index is 2.10. The number of rotatable bonds is 6. The Morgan fingerprint density at radius 3 is 2.62 bits per heavy atom. The summed E-state index contributed by atoms with van der Waals surface area (Å²) < 4.78 is 19.5. The number of nitrogens with one attached hydrogen (secondary N) is 1. The fraction of sp³-hybridized carbons (Fsp3) is 0.176. The van der Waals surface area contributed by atoms with Gasteiger partial charge in [0.15, 0.2) is 24.0 Å². The van der Waals surface area contributed by atoms with Crippen LogP contribution in [0.15, 0.2) is 45.8 Å². The molecule has 0 bridgehead atoms. The second-order valence-corrected chi connectivity index (χ2v) is 6.65. The number of Topliss-reactive ketones (excluding diaryl/α,β-unsaturated/α-hetero) is 1. The maximum absolute atomic E-state index is 13.7. The summed E-state index contributed by atoms with van der Waals surface area (Å²) in [5.74, 6) is -0.977. The molecular formula is C17H15BrFNO3S. The van der Waals surface area contributed by atoms with E-state index in [1.807, 2.05) is 6.26 Å². The van der Waals surface area contributed by atoms with E-state index in [9.17, 15) is 14.0 Å². The van der Waals surface area contributed by atoms with Gasteiger partial charge in [-0.25, -0.2) is 4.39 Å². The Kier molecular flexibility index (Phi) is 6.39. The minimum absolute atomic E-state index is 0.0199. The predicted octanol–water partition coefficient (Wildman–Crippen LogP) is 4.53. The molecule has 0 fully saturated rings. The van der Waals surface area contributed by atoms with Crippen molar-refractivity contribution in [2.45, 2.75) is 11.8 Å². The lowest BCUT2D eigenvalue weighted by Gasteiger charge is -2.11. The summed E-state index contributed by atoms with van der Waals surface area (Å²) in [6, 6.07) is 9.32. The first-order chi connectivity index (χ1) is 11.4. The molecule has 0 aliphatic rings. The Hall–Kier alpha value is -1.86. The molecule has 0 saturated carbocycles. The van der Waals surface area contributed by atoms with Gasteiger partial charge in [-0.1, -0.05) is 15.9 Å². The molecule has 2 aromatic rings. The molecule has 0 saturated heterocycles. The van der Waals surface area contributed by atoms with Crippen molar-refractivity contribution in [1.29, 1.82) is 0 Å². The highest BCUT2D eigenvalue weighted by Gasteiger charge is 2.12. The van der Waals surface area contributed by atoms with Gasteiger partial charge in [0.25, 0.3) is 0 Å². The van der Waals surface area contributed by atoms with Gasteiger partial charge < -0.3 is 10.1 Å². The van der Waals surface area contributed by atoms with Crippen molar-refractivity contribution >= 4 is 45.1 Å². The Morgan fingerprint density at radius 2 is 2.00 bits per heavy atom. The fourth-order valence-corrected chi connectivity index (χ4v) is 2.89. The van der Waals surface area contributed by atoms with E-state index in [-0.39, 0.29) is 24.0 Å². The van der Waals surface area contributed by atoms with Crippen molar-refractivity contribution in [3.05, 3.63) is 52.3 Å². The van der Waals surface area contributed by atoms with E-state index >= 15 is 0 Å². The second kappa shape index (κ2) is 8.30. The van der Waals surface area contributed by atoms with Crippen LogP contribution in [0.4, 0.5) is 10.1 Å². The van der Waals surface area contributed by atoms with Crippen LogP contribution in [-0.2, 0) is 4.79 Å². The topological polar surface area (TPSA) is 55.4 Å². The van der Waals surface area contributed by atoms with Crippen LogP contribution in [0.25, 0.3) is 0 Å². The van der Waals surface area contributed by atoms with E-state index in [2.05, 4.69) is 21.2 Å².